The Bertz CT molecular complexity index is 649. The van der Waals surface area contributed by atoms with E-state index in [0.29, 0.717) is 18.1 Å². The van der Waals surface area contributed by atoms with Gasteiger partial charge in [0.2, 0.25) is 5.91 Å². The van der Waals surface area contributed by atoms with Crippen LogP contribution in [0.25, 0.3) is 0 Å². The summed E-state index contributed by atoms with van der Waals surface area (Å²) in [5.74, 6) is 3.11. The molecule has 0 unspecified atom stereocenters. The maximum absolute atomic E-state index is 11.3. The van der Waals surface area contributed by atoms with Crippen LogP contribution in [0.1, 0.15) is 17.8 Å². The summed E-state index contributed by atoms with van der Waals surface area (Å²) >= 11 is 0. The van der Waals surface area contributed by atoms with Crippen LogP contribution in [0.2, 0.25) is 0 Å². The summed E-state index contributed by atoms with van der Waals surface area (Å²) in [5.41, 5.74) is 6.41. The molecule has 1 aromatic carbocycles. The number of primary amides is 1. The van der Waals surface area contributed by atoms with Crippen molar-refractivity contribution in [3.63, 3.8) is 0 Å². The van der Waals surface area contributed by atoms with Crippen LogP contribution in [0.15, 0.2) is 42.6 Å². The Morgan fingerprint density at radius 2 is 2.10 bits per heavy atom. The Morgan fingerprint density at radius 3 is 2.76 bits per heavy atom. The van der Waals surface area contributed by atoms with Crippen LogP contribution < -0.4 is 11.1 Å². The van der Waals surface area contributed by atoms with E-state index in [4.69, 9.17) is 12.2 Å². The quantitative estimate of drug-likeness (QED) is 0.783. The first-order valence-corrected chi connectivity index (χ1v) is 6.54. The predicted molar refractivity (Wildman–Crippen MR) is 81.3 cm³/mol. The van der Waals surface area contributed by atoms with Crippen molar-refractivity contribution in [2.75, 3.05) is 5.32 Å². The van der Waals surface area contributed by atoms with Crippen molar-refractivity contribution in [1.29, 1.82) is 0 Å². The third-order valence-electron chi connectivity index (χ3n) is 2.90. The average Bonchev–Trinajstić information content (AvgIpc) is 2.48. The highest BCUT2D eigenvalue weighted by Gasteiger charge is 2.14. The molecule has 21 heavy (non-hydrogen) atoms. The van der Waals surface area contributed by atoms with Crippen molar-refractivity contribution in [2.24, 2.45) is 5.73 Å². The lowest BCUT2D eigenvalue weighted by Gasteiger charge is -2.13. The molecule has 5 heteroatoms. The SMILES string of the molecule is C#CC[C@@H](Nc1ccnc(Cc2ccccc2)n1)C(N)=O. The molecule has 0 bridgehead atoms. The molecule has 0 spiro atoms. The Hall–Kier alpha value is -2.87. The number of aromatic nitrogens is 2. The fourth-order valence-electron chi connectivity index (χ4n) is 1.86. The second kappa shape index (κ2) is 7.06. The molecule has 1 atom stereocenters. The molecule has 0 aliphatic rings. The topological polar surface area (TPSA) is 80.9 Å². The van der Waals surface area contributed by atoms with Crippen LogP contribution >= 0.6 is 0 Å². The first-order chi connectivity index (χ1) is 10.2. The van der Waals surface area contributed by atoms with E-state index in [2.05, 4.69) is 21.2 Å². The molecule has 2 aromatic rings. The molecule has 0 saturated carbocycles. The summed E-state index contributed by atoms with van der Waals surface area (Å²) in [5, 5.41) is 2.94. The largest absolute Gasteiger partial charge is 0.368 e. The third kappa shape index (κ3) is 4.32. The number of nitrogens with two attached hydrogens (primary N) is 1. The molecule has 3 N–H and O–H groups in total. The number of benzene rings is 1. The minimum atomic E-state index is -0.630. The highest BCUT2D eigenvalue weighted by Crippen LogP contribution is 2.09. The van der Waals surface area contributed by atoms with Gasteiger partial charge in [-0.25, -0.2) is 9.97 Å². The van der Waals surface area contributed by atoms with Crippen LogP contribution in [0.5, 0.6) is 0 Å². The van der Waals surface area contributed by atoms with Gasteiger partial charge in [0.1, 0.15) is 17.7 Å². The number of amides is 1. The van der Waals surface area contributed by atoms with E-state index in [1.807, 2.05) is 30.3 Å². The lowest BCUT2D eigenvalue weighted by atomic mass is 10.1. The van der Waals surface area contributed by atoms with Crippen LogP contribution in [-0.2, 0) is 11.2 Å². The highest BCUT2D eigenvalue weighted by atomic mass is 16.1. The fourth-order valence-corrected chi connectivity index (χ4v) is 1.86. The predicted octanol–water partition coefficient (Wildman–Crippen LogP) is 1.36. The Kier molecular flexibility index (Phi) is 4.89. The molecule has 0 radical (unpaired) electrons. The molecule has 0 fully saturated rings. The van der Waals surface area contributed by atoms with Gasteiger partial charge >= 0.3 is 0 Å². The first-order valence-electron chi connectivity index (χ1n) is 6.54. The maximum Gasteiger partial charge on any atom is 0.240 e. The van der Waals surface area contributed by atoms with Gasteiger partial charge in [0.05, 0.1) is 0 Å². The Morgan fingerprint density at radius 1 is 1.33 bits per heavy atom. The van der Waals surface area contributed by atoms with Crippen LogP contribution in [0.3, 0.4) is 0 Å². The number of carbonyl (C=O) groups is 1. The zero-order valence-corrected chi connectivity index (χ0v) is 11.5. The normalized spacial score (nSPS) is 11.4. The van der Waals surface area contributed by atoms with Gasteiger partial charge in [-0.15, -0.1) is 12.3 Å². The van der Waals surface area contributed by atoms with Crippen molar-refractivity contribution >= 4 is 11.7 Å². The van der Waals surface area contributed by atoms with E-state index in [0.717, 1.165) is 5.56 Å². The van der Waals surface area contributed by atoms with Crippen LogP contribution in [0.4, 0.5) is 5.82 Å². The van der Waals surface area contributed by atoms with Crippen LogP contribution in [-0.4, -0.2) is 21.9 Å². The van der Waals surface area contributed by atoms with Crippen molar-refractivity contribution < 1.29 is 4.79 Å². The lowest BCUT2D eigenvalue weighted by molar-refractivity contribution is -0.118. The number of terminal acetylenes is 1. The molecular weight excluding hydrogens is 264 g/mol. The minimum absolute atomic E-state index is 0.216. The van der Waals surface area contributed by atoms with E-state index in [1.54, 1.807) is 12.3 Å². The van der Waals surface area contributed by atoms with E-state index >= 15 is 0 Å². The summed E-state index contributed by atoms with van der Waals surface area (Å²) in [6.45, 7) is 0. The zero-order chi connectivity index (χ0) is 15.1. The zero-order valence-electron chi connectivity index (χ0n) is 11.5. The second-order valence-electron chi connectivity index (χ2n) is 4.53. The molecule has 0 saturated heterocycles. The van der Waals surface area contributed by atoms with Crippen molar-refractivity contribution in [2.45, 2.75) is 18.9 Å². The van der Waals surface area contributed by atoms with Gasteiger partial charge in [-0.1, -0.05) is 30.3 Å². The summed E-state index contributed by atoms with van der Waals surface area (Å²) in [7, 11) is 0. The van der Waals surface area contributed by atoms with Gasteiger partial charge in [-0.2, -0.15) is 0 Å². The van der Waals surface area contributed by atoms with Gasteiger partial charge in [0, 0.05) is 19.0 Å². The summed E-state index contributed by atoms with van der Waals surface area (Å²) in [4.78, 5) is 19.9. The number of nitrogens with zero attached hydrogens (tertiary/aromatic N) is 2. The smallest absolute Gasteiger partial charge is 0.240 e. The molecule has 0 aliphatic heterocycles. The molecule has 5 nitrogen and oxygen atoms in total. The van der Waals surface area contributed by atoms with Crippen molar-refractivity contribution in [1.82, 2.24) is 9.97 Å². The first kappa shape index (κ1) is 14.5. The standard InChI is InChI=1S/C16H16N4O/c1-2-6-13(16(17)21)19-14-9-10-18-15(20-14)11-12-7-4-3-5-8-12/h1,3-5,7-10,13H,6,11H2,(H2,17,21)(H,18,19,20)/t13-/m1/s1. The van der Waals surface area contributed by atoms with Crippen molar-refractivity contribution in [3.05, 3.63) is 54.0 Å². The van der Waals surface area contributed by atoms with E-state index in [1.165, 1.54) is 0 Å². The van der Waals surface area contributed by atoms with E-state index in [-0.39, 0.29) is 6.42 Å². The lowest BCUT2D eigenvalue weighted by Crippen LogP contribution is -2.35. The molecule has 1 aromatic heterocycles. The molecule has 1 amide bonds. The maximum atomic E-state index is 11.3. The Labute approximate surface area is 123 Å². The highest BCUT2D eigenvalue weighted by molar-refractivity contribution is 5.82. The minimum Gasteiger partial charge on any atom is -0.368 e. The number of carbonyl (C=O) groups excluding carboxylic acids is 1. The summed E-state index contributed by atoms with van der Waals surface area (Å²) < 4.78 is 0. The van der Waals surface area contributed by atoms with E-state index < -0.39 is 11.9 Å². The van der Waals surface area contributed by atoms with Gasteiger partial charge in [-0.05, 0) is 11.6 Å². The molecule has 2 rings (SSSR count). The Balaban J connectivity index is 2.10. The van der Waals surface area contributed by atoms with Gasteiger partial charge in [-0.3, -0.25) is 4.79 Å². The molecule has 1 heterocycles. The molecule has 106 valence electrons. The molecule has 0 aliphatic carbocycles. The number of hydrogen-bond donors (Lipinski definition) is 2. The summed E-state index contributed by atoms with van der Waals surface area (Å²) in [6, 6.07) is 11.0. The second-order valence-corrected chi connectivity index (χ2v) is 4.53. The van der Waals surface area contributed by atoms with Gasteiger partial charge in [0.15, 0.2) is 0 Å². The van der Waals surface area contributed by atoms with Gasteiger partial charge in [0.25, 0.3) is 0 Å². The number of hydrogen-bond acceptors (Lipinski definition) is 4. The summed E-state index contributed by atoms with van der Waals surface area (Å²) in [6.07, 6.45) is 7.70. The molecular formula is C16H16N4O. The van der Waals surface area contributed by atoms with Crippen molar-refractivity contribution in [3.8, 4) is 12.3 Å². The number of nitrogens with one attached hydrogen (secondary N) is 1. The third-order valence-corrected chi connectivity index (χ3v) is 2.90. The number of anilines is 1. The van der Waals surface area contributed by atoms with E-state index in [9.17, 15) is 4.79 Å². The fraction of sp³-hybridized carbons (Fsp3) is 0.188. The van der Waals surface area contributed by atoms with Gasteiger partial charge < -0.3 is 11.1 Å². The average molecular weight is 280 g/mol. The monoisotopic (exact) mass is 280 g/mol. The van der Waals surface area contributed by atoms with Crippen LogP contribution in [0, 0.1) is 12.3 Å². The number of rotatable bonds is 6.